The molecule has 0 aliphatic carbocycles. The van der Waals surface area contributed by atoms with E-state index < -0.39 is 0 Å². The fraction of sp³-hybridized carbons (Fsp3) is 0.704. The Hall–Kier alpha value is -1.44. The number of unbranched alkanes of at least 4 members (excludes halogenated alkanes) is 12. The third-order valence-electron chi connectivity index (χ3n) is 6.26. The Bertz CT molecular complexity index is 525. The molecular weight excluding hydrogens is 352 g/mol. The van der Waals surface area contributed by atoms with Gasteiger partial charge in [0.05, 0.1) is 0 Å². The Balaban J connectivity index is 1.72. The predicted molar refractivity (Wildman–Crippen MR) is 129 cm³/mol. The summed E-state index contributed by atoms with van der Waals surface area (Å²) < 4.78 is 0. The molecule has 0 radical (unpaired) electrons. The minimum Gasteiger partial charge on any atom is -0.356 e. The molecule has 1 aliphatic heterocycles. The maximum Gasteiger partial charge on any atom is 0.105 e. The topological polar surface area (TPSA) is 6.48 Å². The summed E-state index contributed by atoms with van der Waals surface area (Å²) in [4.78, 5) is 5.10. The first kappa shape index (κ1) is 23.8. The minimum absolute atomic E-state index is 0.507. The molecule has 1 unspecified atom stereocenters. The normalized spacial score (nSPS) is 16.1. The van der Waals surface area contributed by atoms with Crippen LogP contribution >= 0.6 is 0 Å². The molecule has 0 N–H and O–H groups in total. The Kier molecular flexibility index (Phi) is 12.7. The summed E-state index contributed by atoms with van der Waals surface area (Å²) in [6, 6.07) is 10.9. The van der Waals surface area contributed by atoms with E-state index >= 15 is 0 Å². The lowest BCUT2D eigenvalue weighted by Gasteiger charge is -2.33. The van der Waals surface area contributed by atoms with Gasteiger partial charge in [-0.25, -0.2) is 0 Å². The van der Waals surface area contributed by atoms with E-state index in [0.717, 1.165) is 0 Å². The van der Waals surface area contributed by atoms with Crippen LogP contribution in [0.4, 0.5) is 5.69 Å². The second kappa shape index (κ2) is 15.4. The average molecular weight is 399 g/mol. The Morgan fingerprint density at radius 2 is 1.17 bits per heavy atom. The third-order valence-corrected chi connectivity index (χ3v) is 6.26. The van der Waals surface area contributed by atoms with E-state index in [1.165, 1.54) is 109 Å². The SMILES string of the molecule is CCCCCCCCCCCN1C=CN(c2ccccc2)C1CCCCCCC. The van der Waals surface area contributed by atoms with E-state index in [-0.39, 0.29) is 0 Å². The van der Waals surface area contributed by atoms with Crippen LogP contribution in [0.2, 0.25) is 0 Å². The lowest BCUT2D eigenvalue weighted by Crippen LogP contribution is -2.39. The van der Waals surface area contributed by atoms with E-state index in [0.29, 0.717) is 6.17 Å². The first-order valence-electron chi connectivity index (χ1n) is 12.6. The van der Waals surface area contributed by atoms with Gasteiger partial charge >= 0.3 is 0 Å². The molecule has 0 saturated carbocycles. The first-order chi connectivity index (χ1) is 14.4. The highest BCUT2D eigenvalue weighted by atomic mass is 15.4. The molecule has 164 valence electrons. The molecule has 0 amide bonds. The van der Waals surface area contributed by atoms with E-state index in [4.69, 9.17) is 0 Å². The molecule has 0 saturated heterocycles. The van der Waals surface area contributed by atoms with Crippen molar-refractivity contribution in [1.82, 2.24) is 4.90 Å². The predicted octanol–water partition coefficient (Wildman–Crippen LogP) is 8.50. The van der Waals surface area contributed by atoms with Gasteiger partial charge in [0, 0.05) is 24.6 Å². The third kappa shape index (κ3) is 9.28. The monoisotopic (exact) mass is 398 g/mol. The molecular formula is C27H46N2. The molecule has 1 aliphatic rings. The van der Waals surface area contributed by atoms with Crippen LogP contribution in [0.5, 0.6) is 0 Å². The summed E-state index contributed by atoms with van der Waals surface area (Å²) in [7, 11) is 0. The molecule has 0 bridgehead atoms. The largest absolute Gasteiger partial charge is 0.356 e. The maximum absolute atomic E-state index is 2.61. The molecule has 29 heavy (non-hydrogen) atoms. The summed E-state index contributed by atoms with van der Waals surface area (Å²) in [6.45, 7) is 5.80. The minimum atomic E-state index is 0.507. The van der Waals surface area contributed by atoms with Crippen LogP contribution in [0.1, 0.15) is 110 Å². The zero-order valence-corrected chi connectivity index (χ0v) is 19.3. The van der Waals surface area contributed by atoms with Gasteiger partial charge in [-0.1, -0.05) is 109 Å². The Morgan fingerprint density at radius 3 is 1.79 bits per heavy atom. The molecule has 1 aromatic rings. The maximum atomic E-state index is 2.61. The van der Waals surface area contributed by atoms with Crippen molar-refractivity contribution in [3.8, 4) is 0 Å². The van der Waals surface area contributed by atoms with Crippen molar-refractivity contribution in [2.75, 3.05) is 11.4 Å². The number of hydrogen-bond acceptors (Lipinski definition) is 2. The van der Waals surface area contributed by atoms with Crippen LogP contribution in [-0.4, -0.2) is 17.6 Å². The number of benzene rings is 1. The molecule has 0 spiro atoms. The van der Waals surface area contributed by atoms with Crippen LogP contribution in [0.15, 0.2) is 42.7 Å². The highest BCUT2D eigenvalue weighted by molar-refractivity contribution is 5.51. The highest BCUT2D eigenvalue weighted by Gasteiger charge is 2.26. The molecule has 2 heteroatoms. The summed E-state index contributed by atoms with van der Waals surface area (Å²) in [6.07, 6.45) is 25.9. The number of nitrogens with zero attached hydrogens (tertiary/aromatic N) is 2. The zero-order valence-electron chi connectivity index (χ0n) is 19.3. The summed E-state index contributed by atoms with van der Waals surface area (Å²) in [5.74, 6) is 0. The van der Waals surface area contributed by atoms with E-state index in [1.807, 2.05) is 0 Å². The molecule has 0 fully saturated rings. The van der Waals surface area contributed by atoms with Crippen LogP contribution in [0.25, 0.3) is 0 Å². The van der Waals surface area contributed by atoms with E-state index in [1.54, 1.807) is 0 Å². The second-order valence-corrected chi connectivity index (χ2v) is 8.79. The van der Waals surface area contributed by atoms with Gasteiger partial charge in [0.25, 0.3) is 0 Å². The van der Waals surface area contributed by atoms with E-state index in [2.05, 4.69) is 66.4 Å². The quantitative estimate of drug-likeness (QED) is 0.243. The molecule has 2 nitrogen and oxygen atoms in total. The first-order valence-corrected chi connectivity index (χ1v) is 12.6. The average Bonchev–Trinajstić information content (AvgIpc) is 3.15. The van der Waals surface area contributed by atoms with Gasteiger partial charge < -0.3 is 9.80 Å². The van der Waals surface area contributed by atoms with Crippen LogP contribution in [0, 0.1) is 0 Å². The lowest BCUT2D eigenvalue weighted by molar-refractivity contribution is 0.273. The van der Waals surface area contributed by atoms with Gasteiger partial charge in [-0.3, -0.25) is 0 Å². The van der Waals surface area contributed by atoms with Crippen molar-refractivity contribution in [3.63, 3.8) is 0 Å². The van der Waals surface area contributed by atoms with Crippen LogP contribution in [0.3, 0.4) is 0 Å². The van der Waals surface area contributed by atoms with Crippen molar-refractivity contribution in [3.05, 3.63) is 42.7 Å². The second-order valence-electron chi connectivity index (χ2n) is 8.79. The molecule has 1 heterocycles. The van der Waals surface area contributed by atoms with Gasteiger partial charge in [0.15, 0.2) is 0 Å². The van der Waals surface area contributed by atoms with E-state index in [9.17, 15) is 0 Å². The Morgan fingerprint density at radius 1 is 0.621 bits per heavy atom. The number of anilines is 1. The van der Waals surface area contributed by atoms with Crippen molar-refractivity contribution in [2.24, 2.45) is 0 Å². The van der Waals surface area contributed by atoms with Gasteiger partial charge in [0.1, 0.15) is 6.17 Å². The summed E-state index contributed by atoms with van der Waals surface area (Å²) in [5, 5.41) is 0. The van der Waals surface area contributed by atoms with Gasteiger partial charge in [-0.2, -0.15) is 0 Å². The fourth-order valence-electron chi connectivity index (χ4n) is 4.44. The zero-order chi connectivity index (χ0) is 20.6. The van der Waals surface area contributed by atoms with Crippen molar-refractivity contribution >= 4 is 5.69 Å². The molecule has 2 rings (SSSR count). The fourth-order valence-corrected chi connectivity index (χ4v) is 4.44. The lowest BCUT2D eigenvalue weighted by atomic mass is 10.1. The molecule has 1 atom stereocenters. The summed E-state index contributed by atoms with van der Waals surface area (Å²) in [5.41, 5.74) is 1.33. The van der Waals surface area contributed by atoms with Gasteiger partial charge in [0.2, 0.25) is 0 Å². The van der Waals surface area contributed by atoms with Crippen molar-refractivity contribution < 1.29 is 0 Å². The summed E-state index contributed by atoms with van der Waals surface area (Å²) >= 11 is 0. The van der Waals surface area contributed by atoms with Crippen molar-refractivity contribution in [2.45, 2.75) is 116 Å². The molecule has 0 aromatic heterocycles. The highest BCUT2D eigenvalue weighted by Crippen LogP contribution is 2.28. The molecule has 1 aromatic carbocycles. The van der Waals surface area contributed by atoms with Gasteiger partial charge in [-0.05, 0) is 31.4 Å². The van der Waals surface area contributed by atoms with Gasteiger partial charge in [-0.15, -0.1) is 0 Å². The smallest absolute Gasteiger partial charge is 0.105 e. The number of rotatable bonds is 17. The van der Waals surface area contributed by atoms with Crippen LogP contribution in [-0.2, 0) is 0 Å². The Labute approximate surface area is 181 Å². The standard InChI is InChI=1S/C27H46N2/c1-3-5-7-9-10-11-12-14-19-23-28-24-25-29(26-20-16-15-17-21-26)27(28)22-18-13-8-6-4-2/h15-17,20-21,24-25,27H,3-14,18-19,22-23H2,1-2H3. The number of hydrogen-bond donors (Lipinski definition) is 0. The van der Waals surface area contributed by atoms with Crippen molar-refractivity contribution in [1.29, 1.82) is 0 Å². The number of para-hydroxylation sites is 1. The van der Waals surface area contributed by atoms with Crippen LogP contribution < -0.4 is 4.90 Å².